The maximum atomic E-state index is 11.4. The van der Waals surface area contributed by atoms with E-state index in [1.807, 2.05) is 20.8 Å². The molecule has 2 rings (SSSR count). The first-order valence-corrected chi connectivity index (χ1v) is 7.28. The van der Waals surface area contributed by atoms with Gasteiger partial charge in [-0.05, 0) is 36.5 Å². The first-order chi connectivity index (χ1) is 9.93. The van der Waals surface area contributed by atoms with Gasteiger partial charge in [0.15, 0.2) is 0 Å². The number of rotatable bonds is 4. The summed E-state index contributed by atoms with van der Waals surface area (Å²) in [5.41, 5.74) is 5.01. The van der Waals surface area contributed by atoms with E-state index < -0.39 is 5.97 Å². The molecule has 0 aliphatic carbocycles. The fourth-order valence-electron chi connectivity index (χ4n) is 2.43. The van der Waals surface area contributed by atoms with E-state index in [1.165, 1.54) is 5.56 Å². The lowest BCUT2D eigenvalue weighted by Crippen LogP contribution is -2.08. The van der Waals surface area contributed by atoms with Crippen LogP contribution in [0.2, 0.25) is 0 Å². The third kappa shape index (κ3) is 3.13. The number of nitrogens with zero attached hydrogens (tertiary/aromatic N) is 1. The van der Waals surface area contributed by atoms with Gasteiger partial charge in [-0.1, -0.05) is 45.0 Å². The Hall–Kier alpha value is -2.16. The SMILES string of the molecule is CCc1ccc(-c2nc(C(C)C)c(C(=O)O)cc2C)cc1. The van der Waals surface area contributed by atoms with Gasteiger partial charge in [-0.15, -0.1) is 0 Å². The second-order valence-corrected chi connectivity index (χ2v) is 5.60. The van der Waals surface area contributed by atoms with E-state index >= 15 is 0 Å². The molecule has 3 nitrogen and oxygen atoms in total. The molecule has 2 aromatic rings. The van der Waals surface area contributed by atoms with Crippen LogP contribution in [-0.4, -0.2) is 16.1 Å². The molecule has 1 aromatic carbocycles. The summed E-state index contributed by atoms with van der Waals surface area (Å²) in [6, 6.07) is 10.0. The highest BCUT2D eigenvalue weighted by atomic mass is 16.4. The molecule has 0 aliphatic rings. The summed E-state index contributed by atoms with van der Waals surface area (Å²) in [5.74, 6) is -0.840. The maximum absolute atomic E-state index is 11.4. The van der Waals surface area contributed by atoms with E-state index in [1.54, 1.807) is 6.07 Å². The van der Waals surface area contributed by atoms with E-state index in [0.717, 1.165) is 23.2 Å². The third-order valence-electron chi connectivity index (χ3n) is 3.66. The van der Waals surface area contributed by atoms with Crippen molar-refractivity contribution in [3.05, 3.63) is 52.7 Å². The molecular weight excluding hydrogens is 262 g/mol. The van der Waals surface area contributed by atoms with Gasteiger partial charge in [0.25, 0.3) is 0 Å². The fourth-order valence-corrected chi connectivity index (χ4v) is 2.43. The molecule has 0 amide bonds. The van der Waals surface area contributed by atoms with Gasteiger partial charge in [-0.3, -0.25) is 4.98 Å². The summed E-state index contributed by atoms with van der Waals surface area (Å²) in [7, 11) is 0. The standard InChI is InChI=1S/C18H21NO2/c1-5-13-6-8-14(9-7-13)17-12(4)10-15(18(20)21)16(19-17)11(2)3/h6-11H,5H2,1-4H3,(H,20,21). The van der Waals surface area contributed by atoms with Crippen molar-refractivity contribution in [1.29, 1.82) is 0 Å². The van der Waals surface area contributed by atoms with E-state index in [2.05, 4.69) is 36.2 Å². The zero-order valence-electron chi connectivity index (χ0n) is 13.0. The van der Waals surface area contributed by atoms with Crippen LogP contribution < -0.4 is 0 Å². The summed E-state index contributed by atoms with van der Waals surface area (Å²) in [5, 5.41) is 9.33. The maximum Gasteiger partial charge on any atom is 0.337 e. The number of benzene rings is 1. The first kappa shape index (κ1) is 15.2. The molecule has 1 heterocycles. The lowest BCUT2D eigenvalue weighted by atomic mass is 9.97. The number of aryl methyl sites for hydroxylation is 2. The Labute approximate surface area is 125 Å². The molecular formula is C18H21NO2. The van der Waals surface area contributed by atoms with Crippen LogP contribution in [0.5, 0.6) is 0 Å². The van der Waals surface area contributed by atoms with E-state index in [-0.39, 0.29) is 5.92 Å². The summed E-state index contributed by atoms with van der Waals surface area (Å²) in [6.07, 6.45) is 1.00. The molecule has 1 N–H and O–H groups in total. The van der Waals surface area contributed by atoms with Gasteiger partial charge in [-0.25, -0.2) is 4.79 Å². The summed E-state index contributed by atoms with van der Waals surface area (Å²) in [6.45, 7) is 7.96. The van der Waals surface area contributed by atoms with Crippen molar-refractivity contribution >= 4 is 5.97 Å². The number of hydrogen-bond donors (Lipinski definition) is 1. The van der Waals surface area contributed by atoms with Crippen molar-refractivity contribution < 1.29 is 9.90 Å². The highest BCUT2D eigenvalue weighted by Gasteiger charge is 2.18. The van der Waals surface area contributed by atoms with Crippen LogP contribution >= 0.6 is 0 Å². The molecule has 0 saturated heterocycles. The minimum Gasteiger partial charge on any atom is -0.478 e. The Morgan fingerprint density at radius 1 is 1.24 bits per heavy atom. The molecule has 0 atom stereocenters. The van der Waals surface area contributed by atoms with Crippen LogP contribution in [0.15, 0.2) is 30.3 Å². The quantitative estimate of drug-likeness (QED) is 0.902. The van der Waals surface area contributed by atoms with E-state index in [4.69, 9.17) is 0 Å². The molecule has 0 radical (unpaired) electrons. The largest absolute Gasteiger partial charge is 0.478 e. The molecule has 3 heteroatoms. The number of pyridine rings is 1. The molecule has 0 fully saturated rings. The van der Waals surface area contributed by atoms with Gasteiger partial charge in [0.2, 0.25) is 0 Å². The van der Waals surface area contributed by atoms with Crippen LogP contribution in [0.25, 0.3) is 11.3 Å². The Morgan fingerprint density at radius 3 is 2.33 bits per heavy atom. The minimum absolute atomic E-state index is 0.0744. The third-order valence-corrected chi connectivity index (χ3v) is 3.66. The van der Waals surface area contributed by atoms with Gasteiger partial charge < -0.3 is 5.11 Å². The Balaban J connectivity index is 2.58. The second kappa shape index (κ2) is 6.08. The topological polar surface area (TPSA) is 50.2 Å². The summed E-state index contributed by atoms with van der Waals surface area (Å²) < 4.78 is 0. The van der Waals surface area contributed by atoms with Crippen molar-refractivity contribution in [2.45, 2.75) is 40.0 Å². The number of aromatic nitrogens is 1. The minimum atomic E-state index is -0.915. The second-order valence-electron chi connectivity index (χ2n) is 5.60. The highest BCUT2D eigenvalue weighted by Crippen LogP contribution is 2.27. The Kier molecular flexibility index (Phi) is 4.41. The van der Waals surface area contributed by atoms with E-state index in [0.29, 0.717) is 11.3 Å². The summed E-state index contributed by atoms with van der Waals surface area (Å²) >= 11 is 0. The number of hydrogen-bond acceptors (Lipinski definition) is 2. The molecule has 21 heavy (non-hydrogen) atoms. The van der Waals surface area contributed by atoms with Crippen LogP contribution in [0.3, 0.4) is 0 Å². The van der Waals surface area contributed by atoms with Gasteiger partial charge in [-0.2, -0.15) is 0 Å². The normalized spacial score (nSPS) is 10.9. The molecule has 0 saturated carbocycles. The molecule has 0 unspecified atom stereocenters. The monoisotopic (exact) mass is 283 g/mol. The van der Waals surface area contributed by atoms with Gasteiger partial charge in [0.05, 0.1) is 17.0 Å². The number of carboxylic acids is 1. The van der Waals surface area contributed by atoms with Gasteiger partial charge in [0.1, 0.15) is 0 Å². The molecule has 110 valence electrons. The van der Waals surface area contributed by atoms with Crippen LogP contribution in [0, 0.1) is 6.92 Å². The van der Waals surface area contributed by atoms with Crippen LogP contribution in [0.4, 0.5) is 0 Å². The average Bonchev–Trinajstić information content (AvgIpc) is 2.46. The Morgan fingerprint density at radius 2 is 1.86 bits per heavy atom. The highest BCUT2D eigenvalue weighted by molar-refractivity contribution is 5.90. The molecule has 0 spiro atoms. The number of carbonyl (C=O) groups is 1. The van der Waals surface area contributed by atoms with Gasteiger partial charge in [0, 0.05) is 5.56 Å². The zero-order chi connectivity index (χ0) is 15.6. The molecule has 1 aromatic heterocycles. The number of carboxylic acid groups (broad SMARTS) is 1. The summed E-state index contributed by atoms with van der Waals surface area (Å²) in [4.78, 5) is 16.0. The van der Waals surface area contributed by atoms with Crippen molar-refractivity contribution in [2.75, 3.05) is 0 Å². The lowest BCUT2D eigenvalue weighted by molar-refractivity contribution is 0.0694. The smallest absolute Gasteiger partial charge is 0.337 e. The predicted octanol–water partition coefficient (Wildman–Crippen LogP) is 4.44. The van der Waals surface area contributed by atoms with Gasteiger partial charge >= 0.3 is 5.97 Å². The Bertz CT molecular complexity index is 658. The first-order valence-electron chi connectivity index (χ1n) is 7.28. The predicted molar refractivity (Wildman–Crippen MR) is 84.8 cm³/mol. The van der Waals surface area contributed by atoms with Crippen molar-refractivity contribution in [1.82, 2.24) is 4.98 Å². The van der Waals surface area contributed by atoms with E-state index in [9.17, 15) is 9.90 Å². The van der Waals surface area contributed by atoms with Crippen molar-refractivity contribution in [3.63, 3.8) is 0 Å². The molecule has 0 aliphatic heterocycles. The van der Waals surface area contributed by atoms with Crippen LogP contribution in [0.1, 0.15) is 53.9 Å². The van der Waals surface area contributed by atoms with Crippen molar-refractivity contribution in [3.8, 4) is 11.3 Å². The van der Waals surface area contributed by atoms with Crippen LogP contribution in [-0.2, 0) is 6.42 Å². The molecule has 0 bridgehead atoms. The number of aromatic carboxylic acids is 1. The zero-order valence-corrected chi connectivity index (χ0v) is 13.0. The average molecular weight is 283 g/mol. The van der Waals surface area contributed by atoms with Crippen molar-refractivity contribution in [2.24, 2.45) is 0 Å². The fraction of sp³-hybridized carbons (Fsp3) is 0.333. The lowest BCUT2D eigenvalue weighted by Gasteiger charge is -2.14.